The van der Waals surface area contributed by atoms with Crippen molar-refractivity contribution in [1.82, 2.24) is 24.5 Å². The number of rotatable bonds is 9. The molecule has 1 aliphatic heterocycles. The number of nitrogens with one attached hydrogen (secondary N) is 1. The maximum atomic E-state index is 15.1. The van der Waals surface area contributed by atoms with Crippen LogP contribution in [0.4, 0.5) is 33.9 Å². The second-order valence-electron chi connectivity index (χ2n) is 11.9. The van der Waals surface area contributed by atoms with E-state index >= 15 is 4.39 Å². The highest BCUT2D eigenvalue weighted by Crippen LogP contribution is 2.35. The van der Waals surface area contributed by atoms with Crippen LogP contribution in [0.25, 0.3) is 22.4 Å². The van der Waals surface area contributed by atoms with Gasteiger partial charge in [-0.25, -0.2) is 37.3 Å². The summed E-state index contributed by atoms with van der Waals surface area (Å²) in [6.45, 7) is 0.372. The maximum absolute atomic E-state index is 15.1. The van der Waals surface area contributed by atoms with Crippen LogP contribution in [-0.4, -0.2) is 80.1 Å². The van der Waals surface area contributed by atoms with Gasteiger partial charge in [0.2, 0.25) is 0 Å². The number of carbonyl (C=O) groups excluding carboxylic acids is 1. The lowest BCUT2D eigenvalue weighted by molar-refractivity contribution is -0.0529. The zero-order valence-corrected chi connectivity index (χ0v) is 25.5. The van der Waals surface area contributed by atoms with Crippen LogP contribution in [0.15, 0.2) is 37.1 Å². The Kier molecular flexibility index (Phi) is 9.14. The van der Waals surface area contributed by atoms with Crippen molar-refractivity contribution in [3.8, 4) is 17.0 Å². The first-order valence-corrected chi connectivity index (χ1v) is 15.2. The molecule has 16 heteroatoms. The topological polar surface area (TPSA) is 154 Å². The minimum Gasteiger partial charge on any atom is -0.494 e. The number of ether oxygens (including phenoxy) is 2. The van der Waals surface area contributed by atoms with E-state index in [-0.39, 0.29) is 54.0 Å². The summed E-state index contributed by atoms with van der Waals surface area (Å²) in [4.78, 5) is 31.6. The molecule has 2 fully saturated rings. The summed E-state index contributed by atoms with van der Waals surface area (Å²) in [6, 6.07) is 3.46. The molecule has 0 radical (unpaired) electrons. The molecule has 0 spiro atoms. The second kappa shape index (κ2) is 13.3. The molecule has 250 valence electrons. The fourth-order valence-electron chi connectivity index (χ4n) is 6.30. The van der Waals surface area contributed by atoms with E-state index in [1.807, 2.05) is 0 Å². The third-order valence-electron chi connectivity index (χ3n) is 8.75. The number of nitrogens with two attached hydrogens (primary N) is 1. The van der Waals surface area contributed by atoms with Crippen molar-refractivity contribution in [3.05, 3.63) is 54.2 Å². The molecule has 12 nitrogen and oxygen atoms in total. The molecule has 1 aromatic carbocycles. The number of benzene rings is 1. The molecule has 0 bridgehead atoms. The number of alkyl halides is 2. The Morgan fingerprint density at radius 2 is 1.91 bits per heavy atom. The number of aromatic nitrogens is 5. The van der Waals surface area contributed by atoms with E-state index in [1.54, 1.807) is 15.5 Å². The molecule has 1 aliphatic carbocycles. The number of nitrogens with zero attached hydrogens (tertiary/aromatic N) is 6. The molecule has 4 N–H and O–H groups in total. The molecule has 6 rings (SSSR count). The van der Waals surface area contributed by atoms with Gasteiger partial charge in [0.1, 0.15) is 24.4 Å². The number of halogens is 4. The lowest BCUT2D eigenvalue weighted by Crippen LogP contribution is -2.63. The van der Waals surface area contributed by atoms with Gasteiger partial charge >= 0.3 is 6.09 Å². The van der Waals surface area contributed by atoms with Crippen molar-refractivity contribution in [2.45, 2.75) is 69.2 Å². The summed E-state index contributed by atoms with van der Waals surface area (Å²) >= 11 is 0. The number of aliphatic hydroxyl groups is 1. The Morgan fingerprint density at radius 3 is 2.66 bits per heavy atom. The average molecular weight is 659 g/mol. The third kappa shape index (κ3) is 6.65. The molecule has 2 atom stereocenters. The third-order valence-corrected chi connectivity index (χ3v) is 8.75. The number of imidazole rings is 1. The van der Waals surface area contributed by atoms with Crippen LogP contribution in [0, 0.1) is 11.6 Å². The molecule has 0 unspecified atom stereocenters. The van der Waals surface area contributed by atoms with Crippen LogP contribution in [0.2, 0.25) is 0 Å². The minimum absolute atomic E-state index is 0.0655. The van der Waals surface area contributed by atoms with Gasteiger partial charge in [0.25, 0.3) is 6.43 Å². The highest BCUT2D eigenvalue weighted by molar-refractivity contribution is 5.93. The molecule has 1 saturated heterocycles. The van der Waals surface area contributed by atoms with Crippen LogP contribution in [0.1, 0.15) is 44.1 Å². The minimum atomic E-state index is -3.04. The molecule has 1 saturated carbocycles. The summed E-state index contributed by atoms with van der Waals surface area (Å²) in [6.07, 6.45) is 2.45. The number of pyridine rings is 1. The van der Waals surface area contributed by atoms with E-state index in [0.29, 0.717) is 29.9 Å². The standard InChI is InChI=1S/C31H34F4N8O4/c1-46-24-11-20(32)19(10-21(24)33)22-9-17(23(12-37-22)42-8-4-7-31(36,14-42)26(44)27(34)35)13-43-16-40-25-28(38-15-39-29(25)43)41-30(45)47-18-5-2-3-6-18/h9-12,15-16,18,26-27,44H,2-8,13-14,36H2,1H3,(H,38,39,41,45)/t26-,31-/m1/s1. The summed E-state index contributed by atoms with van der Waals surface area (Å²) in [7, 11) is 1.22. The van der Waals surface area contributed by atoms with Crippen molar-refractivity contribution in [1.29, 1.82) is 0 Å². The number of anilines is 2. The number of fused-ring (bicyclic) bond motifs is 1. The number of carbonyl (C=O) groups is 1. The molecule has 47 heavy (non-hydrogen) atoms. The maximum Gasteiger partial charge on any atom is 0.413 e. The van der Waals surface area contributed by atoms with E-state index in [2.05, 4.69) is 25.3 Å². The van der Waals surface area contributed by atoms with Gasteiger partial charge in [-0.2, -0.15) is 0 Å². The molecule has 4 aromatic rings. The lowest BCUT2D eigenvalue weighted by atomic mass is 9.84. The summed E-state index contributed by atoms with van der Waals surface area (Å²) in [5, 5.41) is 12.9. The van der Waals surface area contributed by atoms with E-state index in [0.717, 1.165) is 37.8 Å². The first kappa shape index (κ1) is 32.4. The highest BCUT2D eigenvalue weighted by atomic mass is 19.3. The number of amides is 1. The van der Waals surface area contributed by atoms with Gasteiger partial charge in [0.15, 0.2) is 28.5 Å². The van der Waals surface area contributed by atoms with Crippen molar-refractivity contribution < 1.29 is 36.9 Å². The SMILES string of the molecule is COc1cc(F)c(-c2cc(Cn3cnc4c(NC(=O)OC5CCCC5)ncnc43)c(N3CCC[C@](N)([C@H](O)C(F)F)C3)cn2)cc1F. The van der Waals surface area contributed by atoms with Crippen LogP contribution < -0.4 is 20.7 Å². The number of hydrogen-bond acceptors (Lipinski definition) is 10. The van der Waals surface area contributed by atoms with Crippen molar-refractivity contribution in [3.63, 3.8) is 0 Å². The van der Waals surface area contributed by atoms with E-state index in [9.17, 15) is 23.1 Å². The lowest BCUT2D eigenvalue weighted by Gasteiger charge is -2.44. The van der Waals surface area contributed by atoms with Gasteiger partial charge < -0.3 is 29.8 Å². The quantitative estimate of drug-likeness (QED) is 0.217. The van der Waals surface area contributed by atoms with Crippen LogP contribution in [0.5, 0.6) is 5.75 Å². The van der Waals surface area contributed by atoms with Crippen LogP contribution in [-0.2, 0) is 11.3 Å². The van der Waals surface area contributed by atoms with E-state index in [4.69, 9.17) is 15.2 Å². The average Bonchev–Trinajstić information content (AvgIpc) is 3.72. The normalized spacial score (nSPS) is 19.4. The van der Waals surface area contributed by atoms with Gasteiger partial charge in [-0.1, -0.05) is 0 Å². The van der Waals surface area contributed by atoms with Gasteiger partial charge in [-0.15, -0.1) is 0 Å². The van der Waals surface area contributed by atoms with Gasteiger partial charge in [-0.3, -0.25) is 10.3 Å². The predicted molar refractivity (Wildman–Crippen MR) is 163 cm³/mol. The van der Waals surface area contributed by atoms with Crippen LogP contribution in [0.3, 0.4) is 0 Å². The number of piperidine rings is 1. The van der Waals surface area contributed by atoms with Crippen LogP contribution >= 0.6 is 0 Å². The molecule has 2 aliphatic rings. The number of hydrogen-bond donors (Lipinski definition) is 3. The Labute approximate surface area is 266 Å². The highest BCUT2D eigenvalue weighted by Gasteiger charge is 2.43. The van der Waals surface area contributed by atoms with Crippen molar-refractivity contribution in [2.75, 3.05) is 30.4 Å². The zero-order chi connectivity index (χ0) is 33.3. The number of methoxy groups -OCH3 is 1. The van der Waals surface area contributed by atoms with E-state index in [1.165, 1.54) is 26.0 Å². The smallest absolute Gasteiger partial charge is 0.413 e. The van der Waals surface area contributed by atoms with Crippen molar-refractivity contribution in [2.24, 2.45) is 5.73 Å². The first-order valence-electron chi connectivity index (χ1n) is 15.2. The monoisotopic (exact) mass is 658 g/mol. The molecule has 1 amide bonds. The molecular weight excluding hydrogens is 624 g/mol. The van der Waals surface area contributed by atoms with Gasteiger partial charge in [-0.05, 0) is 56.2 Å². The summed E-state index contributed by atoms with van der Waals surface area (Å²) in [5.41, 5.74) is 6.32. The van der Waals surface area contributed by atoms with Crippen molar-refractivity contribution >= 4 is 28.8 Å². The summed E-state index contributed by atoms with van der Waals surface area (Å²) in [5.74, 6) is -1.68. The Balaban J connectivity index is 1.36. The second-order valence-corrected chi connectivity index (χ2v) is 11.9. The van der Waals surface area contributed by atoms with Gasteiger partial charge in [0.05, 0.1) is 43.1 Å². The van der Waals surface area contributed by atoms with E-state index < -0.39 is 35.8 Å². The zero-order valence-electron chi connectivity index (χ0n) is 25.5. The molecule has 4 heterocycles. The number of aliphatic hydroxyl groups excluding tert-OH is 1. The first-order chi connectivity index (χ1) is 22.6. The molecule has 3 aromatic heterocycles. The fraction of sp³-hybridized carbons (Fsp3) is 0.452. The Hall–Kier alpha value is -4.57. The predicted octanol–water partition coefficient (Wildman–Crippen LogP) is 4.64. The Morgan fingerprint density at radius 1 is 1.13 bits per heavy atom. The summed E-state index contributed by atoms with van der Waals surface area (Å²) < 4.78 is 68.9. The Bertz CT molecular complexity index is 1770. The molecular formula is C31H34F4N8O4. The van der Waals surface area contributed by atoms with Gasteiger partial charge in [0, 0.05) is 24.7 Å². The fourth-order valence-corrected chi connectivity index (χ4v) is 6.30. The largest absolute Gasteiger partial charge is 0.494 e.